The molecule has 2 aromatic carbocycles. The van der Waals surface area contributed by atoms with Gasteiger partial charge in [-0.15, -0.1) is 0 Å². The number of carboxylic acids is 2. The second kappa shape index (κ2) is 17.7. The van der Waals surface area contributed by atoms with Gasteiger partial charge in [-0.25, -0.2) is 9.59 Å². The Morgan fingerprint density at radius 3 is 1.23 bits per heavy atom. The normalized spacial score (nSPS) is 14.0. The molecule has 6 heteroatoms. The summed E-state index contributed by atoms with van der Waals surface area (Å²) < 4.78 is 0. The zero-order chi connectivity index (χ0) is 27.0. The van der Waals surface area contributed by atoms with E-state index in [0.29, 0.717) is 23.0 Å². The maximum atomic E-state index is 10.2. The van der Waals surface area contributed by atoms with Crippen LogP contribution in [0.5, 0.6) is 0 Å². The quantitative estimate of drug-likeness (QED) is 0.315. The van der Waals surface area contributed by atoms with Crippen LogP contribution in [0, 0.1) is 23.7 Å². The molecule has 2 aromatic rings. The van der Waals surface area contributed by atoms with Crippen LogP contribution in [0.25, 0.3) is 0 Å². The van der Waals surface area contributed by atoms with E-state index in [1.54, 1.807) is 60.7 Å². The van der Waals surface area contributed by atoms with E-state index in [-0.39, 0.29) is 24.0 Å². The standard InChI is InChI=1S/C15H32O2.2C7H6O2/c1-7-15(17)14(9-11(4)5)13(12(6)16)8-10(2)3;2*8-7(9)6-4-2-1-3-5-6/h10-17H,7-9H2,1-6H3;2*1-5H,(H,8,9). The third-order valence-electron chi connectivity index (χ3n) is 5.61. The van der Waals surface area contributed by atoms with Crippen LogP contribution in [0.2, 0.25) is 0 Å². The lowest BCUT2D eigenvalue weighted by Gasteiger charge is -2.35. The highest BCUT2D eigenvalue weighted by atomic mass is 16.4. The number of carbonyl (C=O) groups is 2. The van der Waals surface area contributed by atoms with Gasteiger partial charge in [-0.2, -0.15) is 0 Å². The number of hydrogen-bond donors (Lipinski definition) is 4. The summed E-state index contributed by atoms with van der Waals surface area (Å²) in [6, 6.07) is 16.6. The van der Waals surface area contributed by atoms with Gasteiger partial charge >= 0.3 is 11.9 Å². The van der Waals surface area contributed by atoms with Crippen molar-refractivity contribution in [1.29, 1.82) is 0 Å². The smallest absolute Gasteiger partial charge is 0.335 e. The van der Waals surface area contributed by atoms with E-state index in [1.165, 1.54) is 0 Å². The summed E-state index contributed by atoms with van der Waals surface area (Å²) in [6.45, 7) is 12.6. The van der Waals surface area contributed by atoms with Crippen molar-refractivity contribution < 1.29 is 30.0 Å². The zero-order valence-corrected chi connectivity index (χ0v) is 22.0. The van der Waals surface area contributed by atoms with Crippen LogP contribution < -0.4 is 0 Å². The number of aliphatic hydroxyl groups is 2. The summed E-state index contributed by atoms with van der Waals surface area (Å²) in [5.41, 5.74) is 0.662. The number of hydrogen-bond acceptors (Lipinski definition) is 4. The number of carboxylic acid groups (broad SMARTS) is 2. The summed E-state index contributed by atoms with van der Waals surface area (Å²) in [5, 5.41) is 36.9. The van der Waals surface area contributed by atoms with Crippen molar-refractivity contribution in [2.24, 2.45) is 23.7 Å². The second-order valence-corrected chi connectivity index (χ2v) is 9.65. The molecule has 6 nitrogen and oxygen atoms in total. The van der Waals surface area contributed by atoms with E-state index in [0.717, 1.165) is 19.3 Å². The molecule has 0 radical (unpaired) electrons. The molecule has 0 heterocycles. The average molecular weight is 489 g/mol. The van der Waals surface area contributed by atoms with Crippen LogP contribution >= 0.6 is 0 Å². The van der Waals surface area contributed by atoms with E-state index < -0.39 is 11.9 Å². The molecule has 0 bridgehead atoms. The van der Waals surface area contributed by atoms with Gasteiger partial charge in [0.1, 0.15) is 0 Å². The van der Waals surface area contributed by atoms with Crippen LogP contribution in [0.4, 0.5) is 0 Å². The summed E-state index contributed by atoms with van der Waals surface area (Å²) in [5.74, 6) is -0.191. The van der Waals surface area contributed by atoms with Gasteiger partial charge in [-0.1, -0.05) is 71.0 Å². The second-order valence-electron chi connectivity index (χ2n) is 9.65. The van der Waals surface area contributed by atoms with E-state index >= 15 is 0 Å². The van der Waals surface area contributed by atoms with Gasteiger partial charge in [0.2, 0.25) is 0 Å². The molecular weight excluding hydrogens is 444 g/mol. The Balaban J connectivity index is 0.000000538. The molecule has 0 aliphatic carbocycles. The maximum absolute atomic E-state index is 10.2. The fourth-order valence-electron chi connectivity index (χ4n) is 3.90. The van der Waals surface area contributed by atoms with Crippen molar-refractivity contribution in [3.8, 4) is 0 Å². The highest BCUT2D eigenvalue weighted by Crippen LogP contribution is 2.32. The van der Waals surface area contributed by atoms with Crippen LogP contribution in [-0.2, 0) is 0 Å². The van der Waals surface area contributed by atoms with Crippen LogP contribution in [0.15, 0.2) is 60.7 Å². The van der Waals surface area contributed by atoms with E-state index in [1.807, 2.05) is 13.8 Å². The van der Waals surface area contributed by atoms with Crippen molar-refractivity contribution in [3.05, 3.63) is 71.8 Å². The zero-order valence-electron chi connectivity index (χ0n) is 22.0. The van der Waals surface area contributed by atoms with Crippen LogP contribution in [0.3, 0.4) is 0 Å². The van der Waals surface area contributed by atoms with E-state index in [4.69, 9.17) is 10.2 Å². The van der Waals surface area contributed by atoms with Gasteiger partial charge in [-0.05, 0) is 74.1 Å². The molecule has 196 valence electrons. The molecule has 0 saturated carbocycles. The SMILES string of the molecule is CCC(O)C(CC(C)C)C(CC(C)C)C(C)O.O=C(O)c1ccccc1.O=C(O)c1ccccc1. The fourth-order valence-corrected chi connectivity index (χ4v) is 3.90. The van der Waals surface area contributed by atoms with Crippen molar-refractivity contribution in [2.45, 2.75) is 73.0 Å². The summed E-state index contributed by atoms with van der Waals surface area (Å²) >= 11 is 0. The monoisotopic (exact) mass is 488 g/mol. The molecule has 0 fully saturated rings. The highest BCUT2D eigenvalue weighted by Gasteiger charge is 2.31. The van der Waals surface area contributed by atoms with Gasteiger partial charge in [0.15, 0.2) is 0 Å². The topological polar surface area (TPSA) is 115 Å². The first kappa shape index (κ1) is 32.3. The summed E-state index contributed by atoms with van der Waals surface area (Å²) in [6.07, 6.45) is 2.15. The van der Waals surface area contributed by atoms with E-state index in [2.05, 4.69) is 27.7 Å². The Morgan fingerprint density at radius 1 is 0.657 bits per heavy atom. The molecule has 4 N–H and O–H groups in total. The lowest BCUT2D eigenvalue weighted by molar-refractivity contribution is -0.00545. The predicted octanol–water partition coefficient (Wildman–Crippen LogP) is 6.23. The predicted molar refractivity (Wildman–Crippen MR) is 141 cm³/mol. The molecule has 0 aliphatic heterocycles. The molecule has 0 aromatic heterocycles. The minimum absolute atomic E-state index is 0.215. The first-order valence-electron chi connectivity index (χ1n) is 12.3. The number of aliphatic hydroxyl groups excluding tert-OH is 2. The Hall–Kier alpha value is -2.70. The van der Waals surface area contributed by atoms with E-state index in [9.17, 15) is 19.8 Å². The van der Waals surface area contributed by atoms with Gasteiger partial charge in [0, 0.05) is 0 Å². The minimum atomic E-state index is -0.879. The summed E-state index contributed by atoms with van der Waals surface area (Å²) in [4.78, 5) is 20.4. The molecule has 4 unspecified atom stereocenters. The van der Waals surface area contributed by atoms with Gasteiger partial charge < -0.3 is 20.4 Å². The molecule has 0 spiro atoms. The number of rotatable bonds is 10. The van der Waals surface area contributed by atoms with Crippen molar-refractivity contribution >= 4 is 11.9 Å². The lowest BCUT2D eigenvalue weighted by atomic mass is 9.74. The van der Waals surface area contributed by atoms with Crippen LogP contribution in [0.1, 0.15) is 81.5 Å². The third-order valence-corrected chi connectivity index (χ3v) is 5.61. The average Bonchev–Trinajstić information content (AvgIpc) is 2.82. The lowest BCUT2D eigenvalue weighted by Crippen LogP contribution is -2.35. The molecule has 2 rings (SSSR count). The molecule has 4 atom stereocenters. The third kappa shape index (κ3) is 14.3. The van der Waals surface area contributed by atoms with Gasteiger partial charge in [0.05, 0.1) is 23.3 Å². The van der Waals surface area contributed by atoms with Crippen molar-refractivity contribution in [1.82, 2.24) is 0 Å². The molecule has 0 aliphatic rings. The number of aromatic carboxylic acids is 2. The van der Waals surface area contributed by atoms with Gasteiger partial charge in [-0.3, -0.25) is 0 Å². The van der Waals surface area contributed by atoms with Crippen LogP contribution in [-0.4, -0.2) is 44.6 Å². The molecular formula is C29H44O6. The highest BCUT2D eigenvalue weighted by molar-refractivity contribution is 5.87. The largest absolute Gasteiger partial charge is 0.478 e. The Bertz CT molecular complexity index is 768. The minimum Gasteiger partial charge on any atom is -0.478 e. The van der Waals surface area contributed by atoms with Crippen molar-refractivity contribution in [2.75, 3.05) is 0 Å². The maximum Gasteiger partial charge on any atom is 0.335 e. The van der Waals surface area contributed by atoms with Gasteiger partial charge in [0.25, 0.3) is 0 Å². The van der Waals surface area contributed by atoms with Crippen molar-refractivity contribution in [3.63, 3.8) is 0 Å². The summed E-state index contributed by atoms with van der Waals surface area (Å²) in [7, 11) is 0. The molecule has 0 saturated heterocycles. The first-order chi connectivity index (χ1) is 16.4. The fraction of sp³-hybridized carbons (Fsp3) is 0.517. The Kier molecular flexibility index (Phi) is 16.3. The molecule has 0 amide bonds. The number of benzene rings is 2. The Morgan fingerprint density at radius 2 is 1.00 bits per heavy atom. The molecule has 35 heavy (non-hydrogen) atoms. The Labute approximate surface area is 210 Å². The first-order valence-corrected chi connectivity index (χ1v) is 12.3.